The van der Waals surface area contributed by atoms with Crippen molar-refractivity contribution >= 4 is 22.7 Å². The van der Waals surface area contributed by atoms with Crippen LogP contribution in [-0.4, -0.2) is 17.0 Å². The summed E-state index contributed by atoms with van der Waals surface area (Å²) >= 11 is 0. The largest absolute Gasteiger partial charge is 0.491 e. The fourth-order valence-corrected chi connectivity index (χ4v) is 2.39. The van der Waals surface area contributed by atoms with Crippen molar-refractivity contribution in [3.05, 3.63) is 58.6 Å². The molecule has 1 heterocycles. The number of nitrogens with one attached hydrogen (secondary N) is 2. The Morgan fingerprint density at radius 3 is 2.67 bits per heavy atom. The lowest BCUT2D eigenvalue weighted by atomic mass is 10.1. The molecule has 24 heavy (non-hydrogen) atoms. The van der Waals surface area contributed by atoms with Gasteiger partial charge >= 0.3 is 5.76 Å². The van der Waals surface area contributed by atoms with E-state index < -0.39 is 5.76 Å². The first-order valence-corrected chi connectivity index (χ1v) is 7.68. The first kappa shape index (κ1) is 15.9. The van der Waals surface area contributed by atoms with Gasteiger partial charge in [0.2, 0.25) is 5.91 Å². The summed E-state index contributed by atoms with van der Waals surface area (Å²) in [6.07, 6.45) is 0.308. The third-order valence-electron chi connectivity index (χ3n) is 3.36. The summed E-state index contributed by atoms with van der Waals surface area (Å²) in [6.45, 7) is 3.92. The van der Waals surface area contributed by atoms with E-state index in [0.717, 1.165) is 11.3 Å². The monoisotopic (exact) mass is 326 g/mol. The highest BCUT2D eigenvalue weighted by Crippen LogP contribution is 2.18. The molecule has 0 aliphatic heterocycles. The highest BCUT2D eigenvalue weighted by atomic mass is 16.5. The Balaban J connectivity index is 1.64. The fraction of sp³-hybridized carbons (Fsp3) is 0.222. The Morgan fingerprint density at radius 1 is 1.21 bits per heavy atom. The highest BCUT2D eigenvalue weighted by Gasteiger charge is 2.07. The van der Waals surface area contributed by atoms with Crippen molar-refractivity contribution in [2.45, 2.75) is 26.4 Å². The molecule has 2 N–H and O–H groups in total. The number of aromatic nitrogens is 1. The van der Waals surface area contributed by atoms with Gasteiger partial charge in [0.25, 0.3) is 0 Å². The minimum atomic E-state index is -0.504. The van der Waals surface area contributed by atoms with Crippen molar-refractivity contribution in [1.29, 1.82) is 0 Å². The minimum absolute atomic E-state index is 0.106. The Kier molecular flexibility index (Phi) is 4.37. The number of hydrogen-bond donors (Lipinski definition) is 2. The smallest absolute Gasteiger partial charge is 0.417 e. The van der Waals surface area contributed by atoms with E-state index in [9.17, 15) is 9.59 Å². The van der Waals surface area contributed by atoms with Crippen LogP contribution < -0.4 is 15.8 Å². The lowest BCUT2D eigenvalue weighted by Gasteiger charge is -2.10. The molecule has 0 atom stereocenters. The van der Waals surface area contributed by atoms with Crippen LogP contribution in [-0.2, 0) is 11.2 Å². The number of ether oxygens (including phenoxy) is 1. The lowest BCUT2D eigenvalue weighted by Crippen LogP contribution is -2.14. The van der Waals surface area contributed by atoms with Gasteiger partial charge in [0.05, 0.1) is 18.0 Å². The summed E-state index contributed by atoms with van der Waals surface area (Å²) in [6, 6.07) is 12.4. The maximum atomic E-state index is 12.1. The average Bonchev–Trinajstić information content (AvgIpc) is 2.88. The molecule has 0 saturated carbocycles. The number of benzene rings is 2. The quantitative estimate of drug-likeness (QED) is 0.754. The van der Waals surface area contributed by atoms with Crippen LogP contribution in [0.4, 0.5) is 5.69 Å². The minimum Gasteiger partial charge on any atom is -0.491 e. The zero-order valence-electron chi connectivity index (χ0n) is 13.5. The van der Waals surface area contributed by atoms with Crippen molar-refractivity contribution in [2.24, 2.45) is 0 Å². The Hall–Kier alpha value is -3.02. The van der Waals surface area contributed by atoms with Crippen LogP contribution in [0.1, 0.15) is 19.4 Å². The predicted molar refractivity (Wildman–Crippen MR) is 91.4 cm³/mol. The number of H-pyrrole nitrogens is 1. The summed E-state index contributed by atoms with van der Waals surface area (Å²) < 4.78 is 10.5. The molecule has 6 heteroatoms. The van der Waals surface area contributed by atoms with Crippen LogP contribution in [0.3, 0.4) is 0 Å². The molecule has 0 aliphatic carbocycles. The van der Waals surface area contributed by atoms with Crippen molar-refractivity contribution in [3.63, 3.8) is 0 Å². The normalized spacial score (nSPS) is 11.0. The molecule has 0 spiro atoms. The number of fused-ring (bicyclic) bond motifs is 1. The Labute approximate surface area is 138 Å². The molecular weight excluding hydrogens is 308 g/mol. The van der Waals surface area contributed by atoms with Crippen LogP contribution in [0.25, 0.3) is 11.1 Å². The number of rotatable bonds is 5. The summed E-state index contributed by atoms with van der Waals surface area (Å²) in [5, 5.41) is 2.83. The highest BCUT2D eigenvalue weighted by molar-refractivity contribution is 5.92. The van der Waals surface area contributed by atoms with Crippen LogP contribution in [0.5, 0.6) is 5.75 Å². The van der Waals surface area contributed by atoms with E-state index in [1.807, 2.05) is 26.0 Å². The molecule has 1 amide bonds. The van der Waals surface area contributed by atoms with Crippen LogP contribution >= 0.6 is 0 Å². The SMILES string of the molecule is CC(C)Oc1ccc(NC(=O)Cc2ccc3oc(=O)[nH]c3c2)cc1. The maximum Gasteiger partial charge on any atom is 0.417 e. The molecule has 6 nitrogen and oxygen atoms in total. The van der Waals surface area contributed by atoms with Gasteiger partial charge in [-0.25, -0.2) is 4.79 Å². The molecule has 2 aromatic carbocycles. The molecule has 1 aromatic heterocycles. The van der Waals surface area contributed by atoms with E-state index >= 15 is 0 Å². The molecule has 124 valence electrons. The second-order valence-corrected chi connectivity index (χ2v) is 5.76. The lowest BCUT2D eigenvalue weighted by molar-refractivity contribution is -0.115. The van der Waals surface area contributed by atoms with Gasteiger partial charge in [-0.15, -0.1) is 0 Å². The average molecular weight is 326 g/mol. The summed E-state index contributed by atoms with van der Waals surface area (Å²) in [7, 11) is 0. The Bertz CT molecular complexity index is 907. The number of oxazole rings is 1. The number of aromatic amines is 1. The first-order chi connectivity index (χ1) is 11.5. The van der Waals surface area contributed by atoms with Gasteiger partial charge in [-0.2, -0.15) is 0 Å². The fourth-order valence-electron chi connectivity index (χ4n) is 2.39. The molecule has 3 aromatic rings. The topological polar surface area (TPSA) is 84.3 Å². The number of anilines is 1. The molecular formula is C18H18N2O4. The van der Waals surface area contributed by atoms with E-state index in [-0.39, 0.29) is 18.4 Å². The van der Waals surface area contributed by atoms with Gasteiger partial charge in [-0.1, -0.05) is 6.07 Å². The summed E-state index contributed by atoms with van der Waals surface area (Å²) in [5.74, 6) is 0.116. The molecule has 0 radical (unpaired) electrons. The number of carbonyl (C=O) groups is 1. The number of carbonyl (C=O) groups excluding carboxylic acids is 1. The first-order valence-electron chi connectivity index (χ1n) is 7.68. The van der Waals surface area contributed by atoms with Gasteiger partial charge in [0, 0.05) is 5.69 Å². The summed E-state index contributed by atoms with van der Waals surface area (Å²) in [5.41, 5.74) is 2.55. The molecule has 0 unspecified atom stereocenters. The van der Waals surface area contributed by atoms with Gasteiger partial charge in [-0.3, -0.25) is 9.78 Å². The van der Waals surface area contributed by atoms with Crippen molar-refractivity contribution in [3.8, 4) is 5.75 Å². The van der Waals surface area contributed by atoms with Crippen LogP contribution in [0.15, 0.2) is 51.7 Å². The molecule has 3 rings (SSSR count). The molecule has 0 aliphatic rings. The molecule has 0 bridgehead atoms. The number of amides is 1. The van der Waals surface area contributed by atoms with E-state index in [2.05, 4.69) is 10.3 Å². The van der Waals surface area contributed by atoms with Gasteiger partial charge in [-0.05, 0) is 55.8 Å². The maximum absolute atomic E-state index is 12.1. The molecule has 0 fully saturated rings. The predicted octanol–water partition coefficient (Wildman–Crippen LogP) is 3.09. The van der Waals surface area contributed by atoms with Crippen LogP contribution in [0, 0.1) is 0 Å². The third-order valence-corrected chi connectivity index (χ3v) is 3.36. The zero-order chi connectivity index (χ0) is 17.1. The van der Waals surface area contributed by atoms with Crippen molar-refractivity contribution in [1.82, 2.24) is 4.98 Å². The van der Waals surface area contributed by atoms with Gasteiger partial charge in [0.15, 0.2) is 5.58 Å². The standard InChI is InChI=1S/C18H18N2O4/c1-11(2)23-14-6-4-13(5-7-14)19-17(21)10-12-3-8-16-15(9-12)20-18(22)24-16/h3-9,11H,10H2,1-2H3,(H,19,21)(H,20,22). The van der Waals surface area contributed by atoms with Crippen molar-refractivity contribution < 1.29 is 13.9 Å². The number of hydrogen-bond acceptors (Lipinski definition) is 4. The van der Waals surface area contributed by atoms with Gasteiger partial charge < -0.3 is 14.5 Å². The van der Waals surface area contributed by atoms with E-state index in [1.54, 1.807) is 30.3 Å². The van der Waals surface area contributed by atoms with Crippen molar-refractivity contribution in [2.75, 3.05) is 5.32 Å². The summed E-state index contributed by atoms with van der Waals surface area (Å²) in [4.78, 5) is 25.9. The van der Waals surface area contributed by atoms with Gasteiger partial charge in [0.1, 0.15) is 5.75 Å². The van der Waals surface area contributed by atoms with E-state index in [1.165, 1.54) is 0 Å². The van der Waals surface area contributed by atoms with E-state index in [4.69, 9.17) is 9.15 Å². The second kappa shape index (κ2) is 6.62. The van der Waals surface area contributed by atoms with E-state index in [0.29, 0.717) is 16.8 Å². The Morgan fingerprint density at radius 2 is 1.96 bits per heavy atom. The van der Waals surface area contributed by atoms with Crippen LogP contribution in [0.2, 0.25) is 0 Å². The second-order valence-electron chi connectivity index (χ2n) is 5.76. The third kappa shape index (κ3) is 3.84. The molecule has 0 saturated heterocycles. The zero-order valence-corrected chi connectivity index (χ0v) is 13.5.